The maximum absolute atomic E-state index is 2.42. The Balaban J connectivity index is 2.23. The van der Waals surface area contributed by atoms with Crippen molar-refractivity contribution >= 4 is 20.9 Å². The van der Waals surface area contributed by atoms with Crippen molar-refractivity contribution in [3.05, 3.63) is 35.9 Å². The molecule has 1 rings (SSSR count). The fourth-order valence-electron chi connectivity index (χ4n) is 1.43. The molecule has 1 unspecified atom stereocenters. The SMILES string of the molecule is CCCC[Te]C(C)Cc1ccccc1. The molecule has 0 aromatic heterocycles. The van der Waals surface area contributed by atoms with Crippen LogP contribution in [-0.4, -0.2) is 20.9 Å². The number of hydrogen-bond acceptors (Lipinski definition) is 0. The Morgan fingerprint density at radius 3 is 2.57 bits per heavy atom. The molecule has 0 nitrogen and oxygen atoms in total. The van der Waals surface area contributed by atoms with E-state index < -0.39 is 0 Å². The van der Waals surface area contributed by atoms with Gasteiger partial charge < -0.3 is 0 Å². The summed E-state index contributed by atoms with van der Waals surface area (Å²) in [5, 5.41) is 0. The Hall–Kier alpha value is 0.00961. The summed E-state index contributed by atoms with van der Waals surface area (Å²) in [6.07, 6.45) is 4.11. The van der Waals surface area contributed by atoms with Gasteiger partial charge in [-0.2, -0.15) is 0 Å². The average Bonchev–Trinajstić information content (AvgIpc) is 2.20. The summed E-state index contributed by atoms with van der Waals surface area (Å²) in [6.45, 7) is 4.71. The average molecular weight is 304 g/mol. The zero-order valence-corrected chi connectivity index (χ0v) is 11.5. The Labute approximate surface area is 98.2 Å². The van der Waals surface area contributed by atoms with E-state index in [1.807, 2.05) is 0 Å². The second-order valence-corrected chi connectivity index (χ2v) is 8.14. The van der Waals surface area contributed by atoms with Gasteiger partial charge in [0.15, 0.2) is 0 Å². The van der Waals surface area contributed by atoms with Gasteiger partial charge in [0.05, 0.1) is 0 Å². The molecule has 0 spiro atoms. The van der Waals surface area contributed by atoms with Crippen LogP contribution in [0.5, 0.6) is 0 Å². The van der Waals surface area contributed by atoms with E-state index in [9.17, 15) is 0 Å². The molecule has 0 saturated heterocycles. The molecule has 0 aliphatic heterocycles. The number of hydrogen-bond donors (Lipinski definition) is 0. The summed E-state index contributed by atoms with van der Waals surface area (Å²) >= 11 is 0.257. The molecule has 1 aromatic rings. The molecule has 1 heteroatoms. The van der Waals surface area contributed by atoms with Gasteiger partial charge in [-0.1, -0.05) is 0 Å². The van der Waals surface area contributed by atoms with Crippen LogP contribution < -0.4 is 0 Å². The summed E-state index contributed by atoms with van der Waals surface area (Å²) in [5.41, 5.74) is 1.52. The molecular formula is C13H20Te. The molecule has 0 heterocycles. The zero-order chi connectivity index (χ0) is 10.2. The fourth-order valence-corrected chi connectivity index (χ4v) is 4.77. The molecule has 0 N–H and O–H groups in total. The normalized spacial score (nSPS) is 12.7. The van der Waals surface area contributed by atoms with Crippen LogP contribution in [0.15, 0.2) is 30.3 Å². The molecule has 0 radical (unpaired) electrons. The fraction of sp³-hybridized carbons (Fsp3) is 0.538. The van der Waals surface area contributed by atoms with Gasteiger partial charge in [0.25, 0.3) is 0 Å². The van der Waals surface area contributed by atoms with Gasteiger partial charge in [0, 0.05) is 0 Å². The Kier molecular flexibility index (Phi) is 6.32. The van der Waals surface area contributed by atoms with Gasteiger partial charge in [-0.3, -0.25) is 0 Å². The van der Waals surface area contributed by atoms with E-state index in [1.54, 1.807) is 0 Å². The van der Waals surface area contributed by atoms with Gasteiger partial charge in [-0.25, -0.2) is 0 Å². The molecule has 1 atom stereocenters. The van der Waals surface area contributed by atoms with Crippen molar-refractivity contribution in [1.29, 1.82) is 0 Å². The van der Waals surface area contributed by atoms with E-state index in [1.165, 1.54) is 29.3 Å². The third-order valence-electron chi connectivity index (χ3n) is 2.27. The summed E-state index contributed by atoms with van der Waals surface area (Å²) in [5.74, 6) is 0. The number of rotatable bonds is 6. The van der Waals surface area contributed by atoms with E-state index in [0.717, 1.165) is 3.97 Å². The van der Waals surface area contributed by atoms with Crippen molar-refractivity contribution in [1.82, 2.24) is 0 Å². The van der Waals surface area contributed by atoms with E-state index in [4.69, 9.17) is 0 Å². The summed E-state index contributed by atoms with van der Waals surface area (Å²) in [6, 6.07) is 10.9. The van der Waals surface area contributed by atoms with Gasteiger partial charge in [-0.15, -0.1) is 0 Å². The van der Waals surface area contributed by atoms with Crippen LogP contribution in [0.3, 0.4) is 0 Å². The van der Waals surface area contributed by atoms with Gasteiger partial charge in [-0.05, 0) is 0 Å². The monoisotopic (exact) mass is 306 g/mol. The van der Waals surface area contributed by atoms with E-state index in [2.05, 4.69) is 44.2 Å². The van der Waals surface area contributed by atoms with Gasteiger partial charge >= 0.3 is 98.4 Å². The number of unbranched alkanes of at least 4 members (excludes halogenated alkanes) is 1. The first-order chi connectivity index (χ1) is 6.83. The van der Waals surface area contributed by atoms with Gasteiger partial charge in [0.2, 0.25) is 0 Å². The van der Waals surface area contributed by atoms with Crippen LogP contribution in [0.25, 0.3) is 0 Å². The Morgan fingerprint density at radius 2 is 1.93 bits per heavy atom. The van der Waals surface area contributed by atoms with Crippen LogP contribution >= 0.6 is 0 Å². The zero-order valence-electron chi connectivity index (χ0n) is 9.20. The van der Waals surface area contributed by atoms with Crippen LogP contribution in [0, 0.1) is 0 Å². The Bertz CT molecular complexity index is 230. The molecule has 0 saturated carbocycles. The molecule has 0 fully saturated rings. The van der Waals surface area contributed by atoms with E-state index >= 15 is 0 Å². The van der Waals surface area contributed by atoms with Crippen molar-refractivity contribution < 1.29 is 0 Å². The summed E-state index contributed by atoms with van der Waals surface area (Å²) in [7, 11) is 0. The molecule has 1 aromatic carbocycles. The van der Waals surface area contributed by atoms with Crippen molar-refractivity contribution in [3.63, 3.8) is 0 Å². The van der Waals surface area contributed by atoms with Crippen molar-refractivity contribution in [2.75, 3.05) is 0 Å². The van der Waals surface area contributed by atoms with Gasteiger partial charge in [0.1, 0.15) is 0 Å². The molecule has 78 valence electrons. The maximum atomic E-state index is 2.42. The molecule has 14 heavy (non-hydrogen) atoms. The van der Waals surface area contributed by atoms with Crippen LogP contribution in [0.4, 0.5) is 0 Å². The summed E-state index contributed by atoms with van der Waals surface area (Å²) < 4.78 is 2.49. The topological polar surface area (TPSA) is 0 Å². The van der Waals surface area contributed by atoms with Crippen molar-refractivity contribution in [3.8, 4) is 0 Å². The Morgan fingerprint density at radius 1 is 1.21 bits per heavy atom. The van der Waals surface area contributed by atoms with E-state index in [0.29, 0.717) is 0 Å². The van der Waals surface area contributed by atoms with E-state index in [-0.39, 0.29) is 20.9 Å². The predicted octanol–water partition coefficient (Wildman–Crippen LogP) is 3.96. The summed E-state index contributed by atoms with van der Waals surface area (Å²) in [4.78, 5) is 0. The third kappa shape index (κ3) is 5.03. The van der Waals surface area contributed by atoms with Crippen LogP contribution in [0.2, 0.25) is 8.43 Å². The molecular weight excluding hydrogens is 284 g/mol. The first-order valence-electron chi connectivity index (χ1n) is 5.48. The third-order valence-corrected chi connectivity index (χ3v) is 5.86. The minimum absolute atomic E-state index is 0.257. The first-order valence-corrected chi connectivity index (χ1v) is 8.47. The van der Waals surface area contributed by atoms with Crippen molar-refractivity contribution in [2.24, 2.45) is 0 Å². The second-order valence-electron chi connectivity index (χ2n) is 3.72. The molecule has 0 aliphatic carbocycles. The van der Waals surface area contributed by atoms with Crippen LogP contribution in [0.1, 0.15) is 32.3 Å². The minimum atomic E-state index is 0.257. The predicted molar refractivity (Wildman–Crippen MR) is 65.0 cm³/mol. The molecule has 0 aliphatic rings. The van der Waals surface area contributed by atoms with Crippen molar-refractivity contribution in [2.45, 2.75) is 41.5 Å². The second kappa shape index (κ2) is 7.32. The number of benzene rings is 1. The van der Waals surface area contributed by atoms with Crippen LogP contribution in [-0.2, 0) is 6.42 Å². The molecule has 0 bridgehead atoms. The first kappa shape index (κ1) is 12.1. The standard InChI is InChI=1S/C13H20Te/c1-3-4-10-14-12(2)11-13-8-6-5-7-9-13/h5-9,12H,3-4,10-11H2,1-2H3. The quantitative estimate of drug-likeness (QED) is 0.551. The molecule has 0 amide bonds.